The average Bonchev–Trinajstić information content (AvgIpc) is 2.36. The molecule has 0 bridgehead atoms. The van der Waals surface area contributed by atoms with Crippen LogP contribution < -0.4 is 9.64 Å². The first-order chi connectivity index (χ1) is 9.76. The van der Waals surface area contributed by atoms with Crippen molar-refractivity contribution in [2.45, 2.75) is 6.36 Å². The van der Waals surface area contributed by atoms with Gasteiger partial charge in [0.1, 0.15) is 11.6 Å². The third-order valence-corrected chi connectivity index (χ3v) is 2.82. The van der Waals surface area contributed by atoms with Crippen molar-refractivity contribution in [1.82, 2.24) is 0 Å². The van der Waals surface area contributed by atoms with Gasteiger partial charge in [-0.1, -0.05) is 12.1 Å². The summed E-state index contributed by atoms with van der Waals surface area (Å²) in [6.07, 6.45) is -4.74. The van der Waals surface area contributed by atoms with E-state index in [0.717, 1.165) is 0 Å². The molecule has 6 heteroatoms. The van der Waals surface area contributed by atoms with Crippen LogP contribution in [-0.4, -0.2) is 20.5 Å². The molecule has 0 N–H and O–H groups in total. The number of hydrogen-bond donors (Lipinski definition) is 0. The lowest BCUT2D eigenvalue weighted by molar-refractivity contribution is -0.274. The molecule has 0 fully saturated rings. The van der Waals surface area contributed by atoms with Gasteiger partial charge in [0, 0.05) is 25.3 Å². The Kier molecular flexibility index (Phi) is 4.06. The Labute approximate surface area is 119 Å². The van der Waals surface area contributed by atoms with Gasteiger partial charge in [0.05, 0.1) is 0 Å². The largest absolute Gasteiger partial charge is 0.573 e. The lowest BCUT2D eigenvalue weighted by atomic mass is 10.0. The molecule has 0 aliphatic rings. The Hall–Kier alpha value is -2.24. The van der Waals surface area contributed by atoms with Gasteiger partial charge in [0.15, 0.2) is 0 Å². The molecular formula is C15H13F4NO. The van der Waals surface area contributed by atoms with E-state index in [1.165, 1.54) is 36.4 Å². The maximum absolute atomic E-state index is 13.3. The maximum Gasteiger partial charge on any atom is 0.573 e. The van der Waals surface area contributed by atoms with Crippen molar-refractivity contribution in [3.63, 3.8) is 0 Å². The molecule has 0 radical (unpaired) electrons. The monoisotopic (exact) mass is 299 g/mol. The van der Waals surface area contributed by atoms with E-state index < -0.39 is 12.2 Å². The highest BCUT2D eigenvalue weighted by Crippen LogP contribution is 2.33. The Morgan fingerprint density at radius 2 is 1.71 bits per heavy atom. The number of alkyl halides is 3. The normalized spacial score (nSPS) is 11.3. The highest BCUT2D eigenvalue weighted by molar-refractivity contribution is 5.79. The molecule has 0 aliphatic heterocycles. The van der Waals surface area contributed by atoms with Gasteiger partial charge in [-0.2, -0.15) is 0 Å². The molecule has 2 aromatic carbocycles. The lowest BCUT2D eigenvalue weighted by Gasteiger charge is -2.18. The van der Waals surface area contributed by atoms with Gasteiger partial charge in [-0.05, 0) is 35.9 Å². The Morgan fingerprint density at radius 3 is 2.33 bits per heavy atom. The van der Waals surface area contributed by atoms with Crippen molar-refractivity contribution in [3.05, 3.63) is 48.3 Å². The molecule has 0 amide bonds. The van der Waals surface area contributed by atoms with E-state index in [0.29, 0.717) is 16.8 Å². The second kappa shape index (κ2) is 5.63. The van der Waals surface area contributed by atoms with Gasteiger partial charge in [-0.15, -0.1) is 13.2 Å². The van der Waals surface area contributed by atoms with Gasteiger partial charge < -0.3 is 9.64 Å². The second-order valence-corrected chi connectivity index (χ2v) is 4.63. The SMILES string of the molecule is CN(C)c1cc(F)ccc1-c1cccc(OC(F)(F)F)c1. The van der Waals surface area contributed by atoms with E-state index in [1.54, 1.807) is 25.1 Å². The molecular weight excluding hydrogens is 286 g/mol. The Morgan fingerprint density at radius 1 is 1.00 bits per heavy atom. The molecule has 112 valence electrons. The van der Waals surface area contributed by atoms with Crippen LogP contribution in [0.5, 0.6) is 5.75 Å². The predicted molar refractivity (Wildman–Crippen MR) is 72.8 cm³/mol. The number of halogens is 4. The highest BCUT2D eigenvalue weighted by Gasteiger charge is 2.31. The number of hydrogen-bond acceptors (Lipinski definition) is 2. The molecule has 0 aliphatic carbocycles. The molecule has 0 aromatic heterocycles. The number of benzene rings is 2. The van der Waals surface area contributed by atoms with Crippen molar-refractivity contribution in [1.29, 1.82) is 0 Å². The van der Waals surface area contributed by atoms with E-state index in [-0.39, 0.29) is 5.75 Å². The van der Waals surface area contributed by atoms with Crippen molar-refractivity contribution < 1.29 is 22.3 Å². The minimum Gasteiger partial charge on any atom is -0.406 e. The molecule has 0 spiro atoms. The molecule has 2 nitrogen and oxygen atoms in total. The molecule has 0 saturated carbocycles. The maximum atomic E-state index is 13.3. The van der Waals surface area contributed by atoms with Gasteiger partial charge in [-0.25, -0.2) is 4.39 Å². The van der Waals surface area contributed by atoms with Crippen LogP contribution in [0.3, 0.4) is 0 Å². The van der Waals surface area contributed by atoms with Crippen LogP contribution in [0.4, 0.5) is 23.2 Å². The van der Waals surface area contributed by atoms with Crippen LogP contribution in [0, 0.1) is 5.82 Å². The van der Waals surface area contributed by atoms with E-state index in [4.69, 9.17) is 0 Å². The third-order valence-electron chi connectivity index (χ3n) is 2.82. The first-order valence-electron chi connectivity index (χ1n) is 6.09. The van der Waals surface area contributed by atoms with Gasteiger partial charge in [-0.3, -0.25) is 0 Å². The summed E-state index contributed by atoms with van der Waals surface area (Å²) >= 11 is 0. The first-order valence-corrected chi connectivity index (χ1v) is 6.09. The van der Waals surface area contributed by atoms with E-state index in [2.05, 4.69) is 4.74 Å². The molecule has 2 aromatic rings. The van der Waals surface area contributed by atoms with E-state index >= 15 is 0 Å². The smallest absolute Gasteiger partial charge is 0.406 e. The summed E-state index contributed by atoms with van der Waals surface area (Å²) in [7, 11) is 3.46. The van der Waals surface area contributed by atoms with Gasteiger partial charge in [0.25, 0.3) is 0 Å². The zero-order chi connectivity index (χ0) is 15.6. The van der Waals surface area contributed by atoms with E-state index in [9.17, 15) is 17.6 Å². The standard InChI is InChI=1S/C15H13F4NO/c1-20(2)14-9-11(16)6-7-13(14)10-4-3-5-12(8-10)21-15(17,18)19/h3-9H,1-2H3. The van der Waals surface area contributed by atoms with Crippen molar-refractivity contribution in [2.24, 2.45) is 0 Å². The first kappa shape index (κ1) is 15.2. The third kappa shape index (κ3) is 3.87. The van der Waals surface area contributed by atoms with Gasteiger partial charge in [0.2, 0.25) is 0 Å². The highest BCUT2D eigenvalue weighted by atomic mass is 19.4. The fraction of sp³-hybridized carbons (Fsp3) is 0.200. The number of anilines is 1. The Bertz CT molecular complexity index is 638. The van der Waals surface area contributed by atoms with Crippen molar-refractivity contribution in [3.8, 4) is 16.9 Å². The van der Waals surface area contributed by atoms with Crippen LogP contribution in [0.25, 0.3) is 11.1 Å². The summed E-state index contributed by atoms with van der Waals surface area (Å²) in [6, 6.07) is 9.70. The fourth-order valence-corrected chi connectivity index (χ4v) is 1.98. The van der Waals surface area contributed by atoms with Crippen LogP contribution in [-0.2, 0) is 0 Å². The fourth-order valence-electron chi connectivity index (χ4n) is 1.98. The zero-order valence-electron chi connectivity index (χ0n) is 11.4. The summed E-state index contributed by atoms with van der Waals surface area (Å²) in [4.78, 5) is 1.69. The van der Waals surface area contributed by atoms with Crippen molar-refractivity contribution >= 4 is 5.69 Å². The van der Waals surface area contributed by atoms with Crippen LogP contribution >= 0.6 is 0 Å². The summed E-state index contributed by atoms with van der Waals surface area (Å²) in [5.41, 5.74) is 1.70. The minimum absolute atomic E-state index is 0.311. The zero-order valence-corrected chi connectivity index (χ0v) is 11.4. The number of rotatable bonds is 3. The van der Waals surface area contributed by atoms with E-state index in [1.807, 2.05) is 0 Å². The summed E-state index contributed by atoms with van der Waals surface area (Å²) in [6.45, 7) is 0. The molecule has 0 saturated heterocycles. The topological polar surface area (TPSA) is 12.5 Å². The summed E-state index contributed by atoms with van der Waals surface area (Å²) in [5, 5.41) is 0. The summed E-state index contributed by atoms with van der Waals surface area (Å²) in [5.74, 6) is -0.723. The number of ether oxygens (including phenoxy) is 1. The molecule has 0 heterocycles. The number of nitrogens with zero attached hydrogens (tertiary/aromatic N) is 1. The predicted octanol–water partition coefficient (Wildman–Crippen LogP) is 4.46. The average molecular weight is 299 g/mol. The second-order valence-electron chi connectivity index (χ2n) is 4.63. The van der Waals surface area contributed by atoms with Crippen molar-refractivity contribution in [2.75, 3.05) is 19.0 Å². The van der Waals surface area contributed by atoms with Crippen LogP contribution in [0.15, 0.2) is 42.5 Å². The Balaban J connectivity index is 2.45. The molecule has 0 atom stereocenters. The lowest BCUT2D eigenvalue weighted by Crippen LogP contribution is -2.17. The quantitative estimate of drug-likeness (QED) is 0.776. The minimum atomic E-state index is -4.74. The molecule has 2 rings (SSSR count). The van der Waals surface area contributed by atoms with Crippen LogP contribution in [0.1, 0.15) is 0 Å². The van der Waals surface area contributed by atoms with Gasteiger partial charge >= 0.3 is 6.36 Å². The molecule has 21 heavy (non-hydrogen) atoms. The molecule has 0 unspecified atom stereocenters. The van der Waals surface area contributed by atoms with Crippen LogP contribution in [0.2, 0.25) is 0 Å². The summed E-state index contributed by atoms with van der Waals surface area (Å²) < 4.78 is 54.0.